The van der Waals surface area contributed by atoms with Gasteiger partial charge in [0.05, 0.1) is 11.6 Å². The van der Waals surface area contributed by atoms with Crippen LogP contribution in [-0.2, 0) is 0 Å². The van der Waals surface area contributed by atoms with Crippen LogP contribution < -0.4 is 5.32 Å². The van der Waals surface area contributed by atoms with Gasteiger partial charge in [-0.3, -0.25) is 0 Å². The molecule has 1 heterocycles. The largest absolute Gasteiger partial charge is 0.382 e. The number of hydrogen-bond donors (Lipinski definition) is 1. The van der Waals surface area contributed by atoms with Gasteiger partial charge in [0.2, 0.25) is 0 Å². The Morgan fingerprint density at radius 2 is 2.11 bits per heavy atom. The minimum Gasteiger partial charge on any atom is -0.382 e. The Balaban J connectivity index is 1.94. The van der Waals surface area contributed by atoms with Crippen LogP contribution in [0.15, 0.2) is 18.2 Å². The third kappa shape index (κ3) is 3.02. The van der Waals surface area contributed by atoms with E-state index in [9.17, 15) is 0 Å². The van der Waals surface area contributed by atoms with E-state index in [1.807, 2.05) is 19.1 Å². The summed E-state index contributed by atoms with van der Waals surface area (Å²) in [6.45, 7) is 7.73. The highest BCUT2D eigenvalue weighted by Crippen LogP contribution is 2.19. The van der Waals surface area contributed by atoms with Gasteiger partial charge in [0, 0.05) is 24.8 Å². The molecular weight excluding hydrogens is 222 g/mol. The SMILES string of the molecule is CCN1CCC(Nc2ccc(C#N)c(C)c2)CC1. The highest BCUT2D eigenvalue weighted by atomic mass is 15.1. The molecule has 18 heavy (non-hydrogen) atoms. The average Bonchev–Trinajstić information content (AvgIpc) is 2.40. The van der Waals surface area contributed by atoms with Crippen LogP contribution in [0.1, 0.15) is 30.9 Å². The highest BCUT2D eigenvalue weighted by Gasteiger charge is 2.17. The molecule has 1 fully saturated rings. The summed E-state index contributed by atoms with van der Waals surface area (Å²) in [6, 6.07) is 8.76. The quantitative estimate of drug-likeness (QED) is 0.887. The van der Waals surface area contributed by atoms with Crippen molar-refractivity contribution >= 4 is 5.69 Å². The standard InChI is InChI=1S/C15H21N3/c1-3-18-8-6-14(7-9-18)17-15-5-4-13(11-16)12(2)10-15/h4-5,10,14,17H,3,6-9H2,1-2H3. The monoisotopic (exact) mass is 243 g/mol. The molecule has 0 aromatic heterocycles. The molecule has 0 spiro atoms. The molecule has 96 valence electrons. The van der Waals surface area contributed by atoms with Gasteiger partial charge in [-0.15, -0.1) is 0 Å². The van der Waals surface area contributed by atoms with Crippen molar-refractivity contribution in [1.82, 2.24) is 4.90 Å². The van der Waals surface area contributed by atoms with Crippen molar-refractivity contribution in [1.29, 1.82) is 5.26 Å². The van der Waals surface area contributed by atoms with Gasteiger partial charge in [0.15, 0.2) is 0 Å². The predicted molar refractivity (Wildman–Crippen MR) is 74.7 cm³/mol. The molecule has 3 nitrogen and oxygen atoms in total. The lowest BCUT2D eigenvalue weighted by Gasteiger charge is -2.32. The zero-order valence-electron chi connectivity index (χ0n) is 11.2. The van der Waals surface area contributed by atoms with E-state index in [-0.39, 0.29) is 0 Å². The normalized spacial score (nSPS) is 17.4. The second-order valence-electron chi connectivity index (χ2n) is 4.99. The van der Waals surface area contributed by atoms with Crippen molar-refractivity contribution in [2.45, 2.75) is 32.7 Å². The van der Waals surface area contributed by atoms with E-state index in [0.29, 0.717) is 6.04 Å². The van der Waals surface area contributed by atoms with Crippen LogP contribution >= 0.6 is 0 Å². The molecular formula is C15H21N3. The second-order valence-corrected chi connectivity index (χ2v) is 4.99. The maximum Gasteiger partial charge on any atom is 0.0994 e. The maximum atomic E-state index is 8.91. The Labute approximate surface area is 109 Å². The number of nitrogens with one attached hydrogen (secondary N) is 1. The first-order chi connectivity index (χ1) is 8.72. The number of benzene rings is 1. The molecule has 0 saturated carbocycles. The topological polar surface area (TPSA) is 39.1 Å². The lowest BCUT2D eigenvalue weighted by Crippen LogP contribution is -2.38. The highest BCUT2D eigenvalue weighted by molar-refractivity contribution is 5.52. The minimum absolute atomic E-state index is 0.570. The van der Waals surface area contributed by atoms with Crippen molar-refractivity contribution < 1.29 is 0 Å². The molecule has 0 unspecified atom stereocenters. The molecule has 2 rings (SSSR count). The third-order valence-electron chi connectivity index (χ3n) is 3.75. The molecule has 0 aliphatic carbocycles. The van der Waals surface area contributed by atoms with Crippen LogP contribution in [0.3, 0.4) is 0 Å². The summed E-state index contributed by atoms with van der Waals surface area (Å²) < 4.78 is 0. The Morgan fingerprint density at radius 1 is 1.39 bits per heavy atom. The van der Waals surface area contributed by atoms with Crippen molar-refractivity contribution in [3.63, 3.8) is 0 Å². The van der Waals surface area contributed by atoms with Crippen molar-refractivity contribution in [3.8, 4) is 6.07 Å². The van der Waals surface area contributed by atoms with Crippen molar-refractivity contribution in [2.75, 3.05) is 25.0 Å². The van der Waals surface area contributed by atoms with E-state index in [1.165, 1.54) is 25.9 Å². The van der Waals surface area contributed by atoms with Gasteiger partial charge >= 0.3 is 0 Å². The summed E-state index contributed by atoms with van der Waals surface area (Å²) in [5, 5.41) is 12.5. The Hall–Kier alpha value is -1.53. The molecule has 0 radical (unpaired) electrons. The fraction of sp³-hybridized carbons (Fsp3) is 0.533. The van der Waals surface area contributed by atoms with Gasteiger partial charge in [-0.25, -0.2) is 0 Å². The van der Waals surface area contributed by atoms with E-state index >= 15 is 0 Å². The number of rotatable bonds is 3. The fourth-order valence-electron chi connectivity index (χ4n) is 2.51. The summed E-state index contributed by atoms with van der Waals surface area (Å²) in [5.41, 5.74) is 2.95. The number of anilines is 1. The van der Waals surface area contributed by atoms with Crippen LogP contribution in [0, 0.1) is 18.3 Å². The van der Waals surface area contributed by atoms with Crippen molar-refractivity contribution in [2.24, 2.45) is 0 Å². The molecule has 0 bridgehead atoms. The molecule has 0 amide bonds. The van der Waals surface area contributed by atoms with Gasteiger partial charge in [-0.05, 0) is 50.1 Å². The fourth-order valence-corrected chi connectivity index (χ4v) is 2.51. The van der Waals surface area contributed by atoms with Gasteiger partial charge < -0.3 is 10.2 Å². The Bertz CT molecular complexity index is 440. The van der Waals surface area contributed by atoms with Crippen LogP contribution in [0.5, 0.6) is 0 Å². The van der Waals surface area contributed by atoms with E-state index in [0.717, 1.165) is 23.4 Å². The summed E-state index contributed by atoms with van der Waals surface area (Å²) in [4.78, 5) is 2.49. The van der Waals surface area contributed by atoms with Gasteiger partial charge in [-0.2, -0.15) is 5.26 Å². The average molecular weight is 243 g/mol. The number of nitriles is 1. The Kier molecular flexibility index (Phi) is 4.22. The first-order valence-electron chi connectivity index (χ1n) is 6.72. The molecule has 1 saturated heterocycles. The van der Waals surface area contributed by atoms with Crippen LogP contribution in [-0.4, -0.2) is 30.6 Å². The lowest BCUT2D eigenvalue weighted by atomic mass is 10.0. The smallest absolute Gasteiger partial charge is 0.0994 e. The molecule has 1 aromatic rings. The van der Waals surface area contributed by atoms with Crippen LogP contribution in [0.2, 0.25) is 0 Å². The zero-order valence-corrected chi connectivity index (χ0v) is 11.2. The number of piperidine rings is 1. The summed E-state index contributed by atoms with van der Waals surface area (Å²) in [7, 11) is 0. The molecule has 1 aromatic carbocycles. The molecule has 3 heteroatoms. The van der Waals surface area contributed by atoms with Gasteiger partial charge in [0.25, 0.3) is 0 Å². The van der Waals surface area contributed by atoms with E-state index in [2.05, 4.69) is 29.3 Å². The molecule has 1 aliphatic heterocycles. The van der Waals surface area contributed by atoms with Crippen molar-refractivity contribution in [3.05, 3.63) is 29.3 Å². The van der Waals surface area contributed by atoms with E-state index < -0.39 is 0 Å². The summed E-state index contributed by atoms with van der Waals surface area (Å²) in [5.74, 6) is 0. The molecule has 1 N–H and O–H groups in total. The van der Waals surface area contributed by atoms with E-state index in [4.69, 9.17) is 5.26 Å². The van der Waals surface area contributed by atoms with Gasteiger partial charge in [-0.1, -0.05) is 6.92 Å². The lowest BCUT2D eigenvalue weighted by molar-refractivity contribution is 0.229. The minimum atomic E-state index is 0.570. The summed E-state index contributed by atoms with van der Waals surface area (Å²) >= 11 is 0. The summed E-state index contributed by atoms with van der Waals surface area (Å²) in [6.07, 6.45) is 2.40. The predicted octanol–water partition coefficient (Wildman–Crippen LogP) is 2.76. The number of nitrogens with zero attached hydrogens (tertiary/aromatic N) is 2. The Morgan fingerprint density at radius 3 is 2.67 bits per heavy atom. The zero-order chi connectivity index (χ0) is 13.0. The maximum absolute atomic E-state index is 8.91. The van der Waals surface area contributed by atoms with E-state index in [1.54, 1.807) is 0 Å². The second kappa shape index (κ2) is 5.88. The van der Waals surface area contributed by atoms with Crippen LogP contribution in [0.25, 0.3) is 0 Å². The first-order valence-corrected chi connectivity index (χ1v) is 6.72. The molecule has 1 aliphatic rings. The number of likely N-dealkylation sites (tertiary alicyclic amines) is 1. The first kappa shape index (κ1) is 12.9. The molecule has 0 atom stereocenters. The number of aryl methyl sites for hydroxylation is 1. The third-order valence-corrected chi connectivity index (χ3v) is 3.75. The van der Waals surface area contributed by atoms with Gasteiger partial charge in [0.1, 0.15) is 0 Å². The van der Waals surface area contributed by atoms with Crippen LogP contribution in [0.4, 0.5) is 5.69 Å². The number of hydrogen-bond acceptors (Lipinski definition) is 3.